The number of benzene rings is 8. The molecule has 0 N–H and O–H groups in total. The maximum atomic E-state index is 6.23. The Morgan fingerprint density at radius 1 is 0.222 bits per heavy atom. The molecule has 7 heterocycles. The molecule has 1 aliphatic rings. The van der Waals surface area contributed by atoms with Gasteiger partial charge in [0.1, 0.15) is 105 Å². The normalized spacial score (nSPS) is 11.5. The van der Waals surface area contributed by atoms with Crippen LogP contribution in [-0.4, -0.2) is 138 Å². The molecule has 0 unspecified atom stereocenters. The third-order valence-corrected chi connectivity index (χ3v) is 26.2. The zero-order chi connectivity index (χ0) is 96.8. The summed E-state index contributed by atoms with van der Waals surface area (Å²) in [6.07, 6.45) is 3.80. The van der Waals surface area contributed by atoms with Crippen LogP contribution < -0.4 is 94.7 Å². The number of pyridine rings is 1. The van der Waals surface area contributed by atoms with Crippen LogP contribution >= 0.6 is 56.7 Å². The molecule has 15 rings (SSSR count). The molecule has 0 amide bonds. The number of methoxy groups -OCH3 is 10. The van der Waals surface area contributed by atoms with Crippen LogP contribution in [0.1, 0.15) is 111 Å². The largest absolute Gasteiger partial charge is 0.496 e. The van der Waals surface area contributed by atoms with Crippen LogP contribution in [0.4, 0.5) is 0 Å². The molecule has 1 aliphatic heterocycles. The van der Waals surface area contributed by atoms with E-state index >= 15 is 0 Å². The number of rotatable bonds is 36. The molecule has 26 heteroatoms. The third-order valence-electron chi connectivity index (χ3n) is 20.2. The monoisotopic (exact) mass is 1930 g/mol. The first-order chi connectivity index (χ1) is 65.1. The summed E-state index contributed by atoms with van der Waals surface area (Å²) in [5.74, 6) is 14.6. The van der Waals surface area contributed by atoms with Crippen LogP contribution in [0, 0.1) is 0 Å². The van der Waals surface area contributed by atoms with Gasteiger partial charge in [-0.2, -0.15) is 0 Å². The Balaban J connectivity index is 0.000000162. The summed E-state index contributed by atoms with van der Waals surface area (Å²) >= 11 is 8.19. The van der Waals surface area contributed by atoms with Crippen LogP contribution in [0.2, 0.25) is 0 Å². The molecule has 135 heavy (non-hydrogen) atoms. The average molecular weight is 1930 g/mol. The Morgan fingerprint density at radius 3 is 0.704 bits per heavy atom. The lowest BCUT2D eigenvalue weighted by molar-refractivity contribution is 0.174. The summed E-state index contributed by atoms with van der Waals surface area (Å²) < 4.78 is 119. The molecule has 6 aromatic heterocycles. The van der Waals surface area contributed by atoms with Crippen molar-refractivity contribution in [2.75, 3.05) is 84.3 Å². The van der Waals surface area contributed by atoms with Gasteiger partial charge in [0.25, 0.3) is 0 Å². The van der Waals surface area contributed by atoms with Gasteiger partial charge in [-0.1, -0.05) is 48.5 Å². The molecular formula is C109H123NO20S5. The molecule has 8 aromatic carbocycles. The van der Waals surface area contributed by atoms with Gasteiger partial charge in [-0.3, -0.25) is 4.98 Å². The minimum Gasteiger partial charge on any atom is -0.496 e. The SMILES string of the molecule is COc1cccc(OC(C)C)c1-c1cc(-c2ccncc2)c(-c2c(OC)cccc2OC(C)C)s1.COc1cccc(OC(C)C)c1-c1ccc(-c2ccc(-c3c(OC)cccc3OC(C)C)s2)s1.COc1cccc(OC(C)C)c1-c1sc(-c2c(OC)cccc2OC(C)C)c(OC)c1OC.COc1cccc(OC(C)C)c1-c1sc(-c2c(OC)cccc2OC(C)C)c2c1OCCO2. The molecule has 0 fully saturated rings. The van der Waals surface area contributed by atoms with Gasteiger partial charge in [0.15, 0.2) is 23.0 Å². The van der Waals surface area contributed by atoms with Crippen LogP contribution in [0.25, 0.3) is 104 Å². The average Bonchev–Trinajstić information content (AvgIpc) is 1.60. The Kier molecular flexibility index (Phi) is 35.7. The van der Waals surface area contributed by atoms with Crippen LogP contribution in [0.5, 0.6) is 115 Å². The van der Waals surface area contributed by atoms with E-state index in [1.165, 1.54) is 21.1 Å². The fourth-order valence-electron chi connectivity index (χ4n) is 15.1. The summed E-state index contributed by atoms with van der Waals surface area (Å²) in [6.45, 7) is 33.1. The number of thiophene rings is 5. The van der Waals surface area contributed by atoms with Crippen molar-refractivity contribution in [3.05, 3.63) is 200 Å². The van der Waals surface area contributed by atoms with Gasteiger partial charge in [-0.05, 0) is 256 Å². The second kappa shape index (κ2) is 47.5. The minimum absolute atomic E-state index is 0.00328. The zero-order valence-electron chi connectivity index (χ0n) is 81.7. The summed E-state index contributed by atoms with van der Waals surface area (Å²) in [5.41, 5.74) is 9.24. The fraction of sp³-hybridized carbons (Fsp3) is 0.330. The molecule has 0 saturated heterocycles. The van der Waals surface area contributed by atoms with Crippen molar-refractivity contribution >= 4 is 56.7 Å². The van der Waals surface area contributed by atoms with Crippen molar-refractivity contribution < 1.29 is 94.7 Å². The van der Waals surface area contributed by atoms with Crippen molar-refractivity contribution in [1.82, 2.24) is 4.98 Å². The fourth-order valence-corrected chi connectivity index (χ4v) is 21.3. The highest BCUT2D eigenvalue weighted by Gasteiger charge is 2.36. The van der Waals surface area contributed by atoms with E-state index in [9.17, 15) is 0 Å². The van der Waals surface area contributed by atoms with Crippen molar-refractivity contribution in [3.63, 3.8) is 0 Å². The standard InChI is InChI=1S/C29H31NO4S.C28H30O4S2.C26H30O6S.C26H32O6S/c1-18(2)33-24-11-7-9-22(31-5)27(24)26-17-21(20-13-15-30-16-14-20)29(35-26)28-23(32-6)10-8-12-25(28)34-19(3)4;1-17(2)31-21-11-7-9-19(29-5)27(21)25-15-13-23(33-25)24-14-16-26(34-24)28-20(30-6)10-8-12-22(28)32-18(3)4;1-15(2)31-19-11-7-9-17(27-5)21(19)25-23-24(30-14-13-29-23)26(33-25)22-18(28-6)10-8-12-20(22)32-16(3)4;1-15(2)31-19-13-9-11-17(27-5)21(19)25-23(29-7)24(30-8)26(33-25)22-18(28-6)12-10-14-20(22)32-16(3)4/h7-19H,1-6H3;7-18H,1-6H3;7-12,15-16H,13-14H2,1-6H3;9-16H,1-8H3. The van der Waals surface area contributed by atoms with Gasteiger partial charge < -0.3 is 94.7 Å². The molecule has 714 valence electrons. The van der Waals surface area contributed by atoms with E-state index in [1.54, 1.807) is 129 Å². The topological polar surface area (TPSA) is 197 Å². The van der Waals surface area contributed by atoms with Gasteiger partial charge in [0.05, 0.1) is 189 Å². The van der Waals surface area contributed by atoms with Crippen LogP contribution in [-0.2, 0) is 0 Å². The predicted molar refractivity (Wildman–Crippen MR) is 550 cm³/mol. The van der Waals surface area contributed by atoms with E-state index in [-0.39, 0.29) is 48.8 Å². The minimum atomic E-state index is -0.0107. The highest BCUT2D eigenvalue weighted by Crippen LogP contribution is 2.63. The summed E-state index contributed by atoms with van der Waals surface area (Å²) in [5, 5.41) is 0. The first-order valence-electron chi connectivity index (χ1n) is 44.8. The molecular weight excluding hydrogens is 1800 g/mol. The van der Waals surface area contributed by atoms with Crippen molar-refractivity contribution in [1.29, 1.82) is 0 Å². The van der Waals surface area contributed by atoms with Gasteiger partial charge in [-0.25, -0.2) is 0 Å². The van der Waals surface area contributed by atoms with Crippen LogP contribution in [0.15, 0.2) is 200 Å². The van der Waals surface area contributed by atoms with E-state index in [4.69, 9.17) is 94.7 Å². The number of fused-ring (bicyclic) bond motifs is 1. The third kappa shape index (κ3) is 24.0. The molecule has 0 aliphatic carbocycles. The lowest BCUT2D eigenvalue weighted by Crippen LogP contribution is -2.15. The first-order valence-corrected chi connectivity index (χ1v) is 48.9. The molecule has 21 nitrogen and oxygen atoms in total. The Bertz CT molecular complexity index is 5810. The molecule has 0 atom stereocenters. The summed E-state index contributed by atoms with van der Waals surface area (Å²) in [4.78, 5) is 14.3. The predicted octanol–water partition coefficient (Wildman–Crippen LogP) is 29.3. The lowest BCUT2D eigenvalue weighted by Gasteiger charge is -2.20. The first kappa shape index (κ1) is 101. The molecule has 0 saturated carbocycles. The zero-order valence-corrected chi connectivity index (χ0v) is 85.8. The van der Waals surface area contributed by atoms with Crippen molar-refractivity contribution in [2.24, 2.45) is 0 Å². The number of nitrogens with zero attached hydrogens (tertiary/aromatic N) is 1. The van der Waals surface area contributed by atoms with E-state index in [0.29, 0.717) is 70.7 Å². The van der Waals surface area contributed by atoms with Gasteiger partial charge >= 0.3 is 0 Å². The second-order valence-corrected chi connectivity index (χ2v) is 38.1. The number of ether oxygens (including phenoxy) is 20. The molecule has 0 bridgehead atoms. The smallest absolute Gasteiger partial charge is 0.180 e. The Morgan fingerprint density at radius 2 is 0.444 bits per heavy atom. The summed E-state index contributed by atoms with van der Waals surface area (Å²) in [7, 11) is 16.6. The molecule has 14 aromatic rings. The van der Waals surface area contributed by atoms with Crippen molar-refractivity contribution in [3.8, 4) is 219 Å². The van der Waals surface area contributed by atoms with E-state index in [2.05, 4.69) is 35.3 Å². The Hall–Kier alpha value is -12.6. The van der Waals surface area contributed by atoms with Crippen LogP contribution in [0.3, 0.4) is 0 Å². The van der Waals surface area contributed by atoms with Crippen molar-refractivity contribution in [2.45, 2.75) is 160 Å². The van der Waals surface area contributed by atoms with E-state index in [1.807, 2.05) is 269 Å². The lowest BCUT2D eigenvalue weighted by atomic mass is 10.0. The number of hydrogen-bond acceptors (Lipinski definition) is 26. The van der Waals surface area contributed by atoms with Gasteiger partial charge in [-0.15, -0.1) is 56.7 Å². The molecule has 0 spiro atoms. The molecule has 0 radical (unpaired) electrons. The van der Waals surface area contributed by atoms with E-state index < -0.39 is 0 Å². The highest BCUT2D eigenvalue weighted by atomic mass is 32.1. The highest BCUT2D eigenvalue weighted by molar-refractivity contribution is 7.25. The maximum Gasteiger partial charge on any atom is 0.180 e. The number of hydrogen-bond donors (Lipinski definition) is 0. The Labute approximate surface area is 814 Å². The maximum absolute atomic E-state index is 6.23. The summed E-state index contributed by atoms with van der Waals surface area (Å²) in [6, 6.07) is 61.6. The van der Waals surface area contributed by atoms with E-state index in [0.717, 1.165) is 152 Å². The quantitative estimate of drug-likeness (QED) is 0.0359. The van der Waals surface area contributed by atoms with Gasteiger partial charge in [0, 0.05) is 42.3 Å². The second-order valence-electron chi connectivity index (χ2n) is 32.9. The number of aromatic nitrogens is 1. The van der Waals surface area contributed by atoms with Gasteiger partial charge in [0.2, 0.25) is 0 Å².